The van der Waals surface area contributed by atoms with E-state index in [4.69, 9.17) is 4.74 Å². The summed E-state index contributed by atoms with van der Waals surface area (Å²) in [6, 6.07) is 12.5. The number of anilines is 3. The van der Waals surface area contributed by atoms with Gasteiger partial charge in [0, 0.05) is 31.0 Å². The molecule has 2 aromatic carbocycles. The molecule has 0 aliphatic carbocycles. The molecule has 0 aromatic heterocycles. The third kappa shape index (κ3) is 3.26. The van der Waals surface area contributed by atoms with E-state index in [0.29, 0.717) is 22.7 Å². The van der Waals surface area contributed by atoms with E-state index in [1.54, 1.807) is 18.2 Å². The zero-order valence-corrected chi connectivity index (χ0v) is 12.9. The molecule has 0 saturated carbocycles. The van der Waals surface area contributed by atoms with E-state index < -0.39 is 0 Å². The molecule has 118 valence electrons. The van der Waals surface area contributed by atoms with Crippen molar-refractivity contribution in [3.05, 3.63) is 48.0 Å². The van der Waals surface area contributed by atoms with Gasteiger partial charge in [0.05, 0.1) is 5.69 Å². The number of ether oxygens (including phenoxy) is 1. The van der Waals surface area contributed by atoms with Crippen molar-refractivity contribution in [2.24, 2.45) is 0 Å². The lowest BCUT2D eigenvalue weighted by Gasteiger charge is -2.18. The number of fused-ring (bicyclic) bond motifs is 1. The predicted molar refractivity (Wildman–Crippen MR) is 89.3 cm³/mol. The fraction of sp³-hybridized carbons (Fsp3) is 0.176. The Balaban J connectivity index is 1.75. The van der Waals surface area contributed by atoms with Crippen LogP contribution in [-0.4, -0.2) is 32.5 Å². The van der Waals surface area contributed by atoms with Crippen molar-refractivity contribution in [1.29, 1.82) is 0 Å². The fourth-order valence-corrected chi connectivity index (χ4v) is 2.27. The third-order valence-corrected chi connectivity index (χ3v) is 3.52. The molecule has 0 bridgehead atoms. The summed E-state index contributed by atoms with van der Waals surface area (Å²) in [5.41, 5.74) is 2.72. The van der Waals surface area contributed by atoms with Gasteiger partial charge >= 0.3 is 0 Å². The van der Waals surface area contributed by atoms with Crippen molar-refractivity contribution in [2.45, 2.75) is 0 Å². The van der Waals surface area contributed by atoms with Crippen LogP contribution in [0.5, 0.6) is 5.75 Å². The number of hydrogen-bond donors (Lipinski definition) is 2. The van der Waals surface area contributed by atoms with Gasteiger partial charge in [-0.3, -0.25) is 9.59 Å². The topological polar surface area (TPSA) is 70.7 Å². The van der Waals surface area contributed by atoms with Gasteiger partial charge in [0.2, 0.25) is 0 Å². The predicted octanol–water partition coefficient (Wildman–Crippen LogP) is 2.34. The van der Waals surface area contributed by atoms with Crippen LogP contribution in [0, 0.1) is 0 Å². The second-order valence-corrected chi connectivity index (χ2v) is 5.44. The van der Waals surface area contributed by atoms with Crippen molar-refractivity contribution in [3.63, 3.8) is 0 Å². The lowest BCUT2D eigenvalue weighted by molar-refractivity contribution is -0.118. The molecule has 3 rings (SSSR count). The highest BCUT2D eigenvalue weighted by Gasteiger charge is 2.17. The molecule has 2 aromatic rings. The minimum absolute atomic E-state index is 0.00321. The summed E-state index contributed by atoms with van der Waals surface area (Å²) in [7, 11) is 3.91. The summed E-state index contributed by atoms with van der Waals surface area (Å²) >= 11 is 0. The molecule has 0 fully saturated rings. The molecule has 1 heterocycles. The van der Waals surface area contributed by atoms with Gasteiger partial charge < -0.3 is 20.3 Å². The normalized spacial score (nSPS) is 12.7. The average molecular weight is 311 g/mol. The van der Waals surface area contributed by atoms with Crippen LogP contribution in [0.4, 0.5) is 17.1 Å². The lowest BCUT2D eigenvalue weighted by atomic mass is 10.1. The molecule has 0 radical (unpaired) electrons. The van der Waals surface area contributed by atoms with E-state index in [0.717, 1.165) is 5.69 Å². The Kier molecular flexibility index (Phi) is 3.89. The SMILES string of the molecule is CN(C)c1ccc(NC(=O)c2ccc3c(c2)NC(=O)CO3)cc1. The molecule has 0 atom stereocenters. The van der Waals surface area contributed by atoms with Crippen LogP contribution in [0.25, 0.3) is 0 Å². The minimum atomic E-state index is -0.245. The molecule has 6 heteroatoms. The van der Waals surface area contributed by atoms with E-state index in [-0.39, 0.29) is 18.4 Å². The van der Waals surface area contributed by atoms with Gasteiger partial charge in [0.1, 0.15) is 5.75 Å². The Bertz CT molecular complexity index is 754. The maximum Gasteiger partial charge on any atom is 0.262 e. The summed E-state index contributed by atoms with van der Waals surface area (Å²) in [5, 5.41) is 5.52. The zero-order valence-electron chi connectivity index (χ0n) is 12.9. The van der Waals surface area contributed by atoms with E-state index in [2.05, 4.69) is 10.6 Å². The lowest BCUT2D eigenvalue weighted by Crippen LogP contribution is -2.25. The first kappa shape index (κ1) is 14.9. The number of carbonyl (C=O) groups is 2. The molecule has 0 unspecified atom stereocenters. The molecule has 6 nitrogen and oxygen atoms in total. The maximum atomic E-state index is 12.3. The number of nitrogens with zero attached hydrogens (tertiary/aromatic N) is 1. The highest BCUT2D eigenvalue weighted by molar-refractivity contribution is 6.06. The summed E-state index contributed by atoms with van der Waals surface area (Å²) < 4.78 is 5.28. The number of rotatable bonds is 3. The van der Waals surface area contributed by atoms with Gasteiger partial charge in [0.25, 0.3) is 11.8 Å². The number of nitrogens with one attached hydrogen (secondary N) is 2. The van der Waals surface area contributed by atoms with Gasteiger partial charge in [-0.15, -0.1) is 0 Å². The second kappa shape index (κ2) is 6.00. The number of hydrogen-bond acceptors (Lipinski definition) is 4. The van der Waals surface area contributed by atoms with Gasteiger partial charge in [-0.25, -0.2) is 0 Å². The van der Waals surface area contributed by atoms with Gasteiger partial charge in [-0.05, 0) is 42.5 Å². The Labute approximate surface area is 134 Å². The van der Waals surface area contributed by atoms with Crippen LogP contribution >= 0.6 is 0 Å². The molecule has 0 saturated heterocycles. The van der Waals surface area contributed by atoms with Crippen molar-refractivity contribution in [1.82, 2.24) is 0 Å². The van der Waals surface area contributed by atoms with E-state index in [9.17, 15) is 9.59 Å². The molecular formula is C17H17N3O3. The van der Waals surface area contributed by atoms with Gasteiger partial charge in [-0.1, -0.05) is 0 Å². The first-order valence-electron chi connectivity index (χ1n) is 7.18. The smallest absolute Gasteiger partial charge is 0.262 e. The molecule has 1 aliphatic rings. The minimum Gasteiger partial charge on any atom is -0.482 e. The van der Waals surface area contributed by atoms with Crippen LogP contribution < -0.4 is 20.3 Å². The van der Waals surface area contributed by atoms with Crippen LogP contribution in [0.3, 0.4) is 0 Å². The van der Waals surface area contributed by atoms with Gasteiger partial charge in [-0.2, -0.15) is 0 Å². The average Bonchev–Trinajstić information content (AvgIpc) is 2.54. The Morgan fingerprint density at radius 2 is 1.91 bits per heavy atom. The fourth-order valence-electron chi connectivity index (χ4n) is 2.27. The number of benzene rings is 2. The van der Waals surface area contributed by atoms with Crippen LogP contribution in [0.15, 0.2) is 42.5 Å². The van der Waals surface area contributed by atoms with Crippen LogP contribution in [-0.2, 0) is 4.79 Å². The molecule has 23 heavy (non-hydrogen) atoms. The first-order valence-corrected chi connectivity index (χ1v) is 7.18. The number of amides is 2. The Morgan fingerprint density at radius 1 is 1.17 bits per heavy atom. The van der Waals surface area contributed by atoms with Crippen molar-refractivity contribution >= 4 is 28.9 Å². The van der Waals surface area contributed by atoms with Gasteiger partial charge in [0.15, 0.2) is 6.61 Å². The third-order valence-electron chi connectivity index (χ3n) is 3.52. The summed E-state index contributed by atoms with van der Waals surface area (Å²) in [6.45, 7) is -0.00321. The highest BCUT2D eigenvalue weighted by Crippen LogP contribution is 2.28. The molecule has 2 N–H and O–H groups in total. The highest BCUT2D eigenvalue weighted by atomic mass is 16.5. The van der Waals surface area contributed by atoms with E-state index >= 15 is 0 Å². The quantitative estimate of drug-likeness (QED) is 0.913. The van der Waals surface area contributed by atoms with Crippen molar-refractivity contribution in [3.8, 4) is 5.75 Å². The summed E-state index contributed by atoms with van der Waals surface area (Å²) in [5.74, 6) is 0.0936. The van der Waals surface area contributed by atoms with Crippen LogP contribution in [0.1, 0.15) is 10.4 Å². The molecule has 1 aliphatic heterocycles. The van der Waals surface area contributed by atoms with Crippen LogP contribution in [0.2, 0.25) is 0 Å². The van der Waals surface area contributed by atoms with E-state index in [1.165, 1.54) is 0 Å². The molecular weight excluding hydrogens is 294 g/mol. The summed E-state index contributed by atoms with van der Waals surface area (Å²) in [6.07, 6.45) is 0. The second-order valence-electron chi connectivity index (χ2n) is 5.44. The Morgan fingerprint density at radius 3 is 2.61 bits per heavy atom. The maximum absolute atomic E-state index is 12.3. The molecule has 0 spiro atoms. The van der Waals surface area contributed by atoms with Crippen molar-refractivity contribution in [2.75, 3.05) is 36.2 Å². The summed E-state index contributed by atoms with van der Waals surface area (Å²) in [4.78, 5) is 25.7. The largest absolute Gasteiger partial charge is 0.482 e. The zero-order chi connectivity index (χ0) is 16.4. The number of carbonyl (C=O) groups excluding carboxylic acids is 2. The Hall–Kier alpha value is -3.02. The van der Waals surface area contributed by atoms with E-state index in [1.807, 2.05) is 43.3 Å². The first-order chi connectivity index (χ1) is 11.0. The molecule has 2 amide bonds. The monoisotopic (exact) mass is 311 g/mol. The standard InChI is InChI=1S/C17H17N3O3/c1-20(2)13-6-4-12(5-7-13)18-17(22)11-3-8-15-14(9-11)19-16(21)10-23-15/h3-9H,10H2,1-2H3,(H,18,22)(H,19,21). The van der Waals surface area contributed by atoms with Crippen molar-refractivity contribution < 1.29 is 14.3 Å².